The number of carbonyl (C=O) groups excluding carboxylic acids is 1. The van der Waals surface area contributed by atoms with Crippen molar-refractivity contribution in [3.05, 3.63) is 48.0 Å². The van der Waals surface area contributed by atoms with Crippen LogP contribution in [0.5, 0.6) is 5.75 Å². The highest BCUT2D eigenvalue weighted by molar-refractivity contribution is 5.87. The van der Waals surface area contributed by atoms with Gasteiger partial charge in [-0.2, -0.15) is 0 Å². The number of hydrogen-bond acceptors (Lipinski definition) is 4. The van der Waals surface area contributed by atoms with Gasteiger partial charge in [0.15, 0.2) is 0 Å². The number of benzene rings is 1. The normalized spacial score (nSPS) is 23.9. The van der Waals surface area contributed by atoms with Crippen LogP contribution in [0.4, 0.5) is 4.39 Å². The van der Waals surface area contributed by atoms with E-state index in [1.54, 1.807) is 24.4 Å². The number of aromatic nitrogens is 1. The van der Waals surface area contributed by atoms with Crippen LogP contribution in [0, 0.1) is 5.82 Å². The van der Waals surface area contributed by atoms with Gasteiger partial charge in [0.1, 0.15) is 11.6 Å². The number of nitrogens with one attached hydrogen (secondary N) is 2. The molecular weight excluding hydrogens is 381 g/mol. The van der Waals surface area contributed by atoms with Gasteiger partial charge in [0.25, 0.3) is 0 Å². The van der Waals surface area contributed by atoms with Crippen LogP contribution in [0.3, 0.4) is 0 Å². The van der Waals surface area contributed by atoms with Crippen molar-refractivity contribution >= 4 is 18.3 Å². The van der Waals surface area contributed by atoms with Crippen molar-refractivity contribution in [1.29, 1.82) is 0 Å². The zero-order chi connectivity index (χ0) is 18.9. The maximum absolute atomic E-state index is 14.4. The predicted molar refractivity (Wildman–Crippen MR) is 108 cm³/mol. The molecular formula is C21H25ClFN3O2. The summed E-state index contributed by atoms with van der Waals surface area (Å²) in [5.74, 6) is 0.435. The molecule has 0 radical (unpaired) electrons. The Labute approximate surface area is 170 Å². The van der Waals surface area contributed by atoms with Crippen molar-refractivity contribution in [3.63, 3.8) is 0 Å². The summed E-state index contributed by atoms with van der Waals surface area (Å²) in [5, 5.41) is 6.47. The summed E-state index contributed by atoms with van der Waals surface area (Å²) in [5.41, 5.74) is 1.60. The summed E-state index contributed by atoms with van der Waals surface area (Å²) in [6, 6.07) is 8.48. The molecule has 2 fully saturated rings. The Bertz CT molecular complexity index is 863. The van der Waals surface area contributed by atoms with E-state index in [0.29, 0.717) is 17.9 Å². The first-order valence-electron chi connectivity index (χ1n) is 9.56. The van der Waals surface area contributed by atoms with E-state index in [0.717, 1.165) is 43.5 Å². The van der Waals surface area contributed by atoms with Gasteiger partial charge in [-0.05, 0) is 68.5 Å². The van der Waals surface area contributed by atoms with Crippen LogP contribution in [0.2, 0.25) is 0 Å². The van der Waals surface area contributed by atoms with Gasteiger partial charge >= 0.3 is 0 Å². The second kappa shape index (κ2) is 8.45. The number of ether oxygens (including phenoxy) is 1. The molecule has 0 saturated carbocycles. The maximum Gasteiger partial charge on any atom is 0.240 e. The van der Waals surface area contributed by atoms with Crippen molar-refractivity contribution in [2.24, 2.45) is 0 Å². The number of nitrogens with zero attached hydrogens (tertiary/aromatic N) is 1. The minimum atomic E-state index is -0.485. The molecule has 28 heavy (non-hydrogen) atoms. The zero-order valence-electron chi connectivity index (χ0n) is 15.8. The Hall–Kier alpha value is -2.18. The number of rotatable bonds is 4. The number of amides is 1. The van der Waals surface area contributed by atoms with E-state index in [9.17, 15) is 9.18 Å². The van der Waals surface area contributed by atoms with E-state index < -0.39 is 5.54 Å². The van der Waals surface area contributed by atoms with E-state index in [2.05, 4.69) is 15.6 Å². The molecule has 2 aliphatic heterocycles. The van der Waals surface area contributed by atoms with E-state index >= 15 is 0 Å². The monoisotopic (exact) mass is 405 g/mol. The molecule has 7 heteroatoms. The second-order valence-electron chi connectivity index (χ2n) is 7.22. The SMILES string of the molecule is CCOc1ccc(F)c(-c2ccnc([C@@H]3CC[C@]4(CCCNC4=O)N3)c2)c1.Cl. The lowest BCUT2D eigenvalue weighted by Crippen LogP contribution is -2.57. The average molecular weight is 406 g/mol. The van der Waals surface area contributed by atoms with Crippen LogP contribution in [-0.2, 0) is 4.79 Å². The van der Waals surface area contributed by atoms with Gasteiger partial charge in [0.05, 0.1) is 23.9 Å². The van der Waals surface area contributed by atoms with Crippen LogP contribution < -0.4 is 15.4 Å². The van der Waals surface area contributed by atoms with E-state index in [1.165, 1.54) is 6.07 Å². The van der Waals surface area contributed by atoms with Gasteiger partial charge in [0.2, 0.25) is 5.91 Å². The Balaban J connectivity index is 0.00000225. The minimum Gasteiger partial charge on any atom is -0.494 e. The van der Waals surface area contributed by atoms with Crippen molar-refractivity contribution in [3.8, 4) is 16.9 Å². The fourth-order valence-corrected chi connectivity index (χ4v) is 4.13. The fourth-order valence-electron chi connectivity index (χ4n) is 4.13. The molecule has 4 rings (SSSR count). The van der Waals surface area contributed by atoms with Crippen molar-refractivity contribution in [2.75, 3.05) is 13.2 Å². The molecule has 5 nitrogen and oxygen atoms in total. The smallest absolute Gasteiger partial charge is 0.240 e. The number of hydrogen-bond donors (Lipinski definition) is 2. The fraction of sp³-hybridized carbons (Fsp3) is 0.429. The van der Waals surface area contributed by atoms with Gasteiger partial charge in [0, 0.05) is 18.3 Å². The first kappa shape index (κ1) is 20.6. The Morgan fingerprint density at radius 3 is 2.93 bits per heavy atom. The molecule has 1 spiro atoms. The summed E-state index contributed by atoms with van der Waals surface area (Å²) < 4.78 is 19.9. The van der Waals surface area contributed by atoms with Crippen molar-refractivity contribution in [2.45, 2.75) is 44.2 Å². The molecule has 1 amide bonds. The molecule has 2 aromatic rings. The summed E-state index contributed by atoms with van der Waals surface area (Å²) in [4.78, 5) is 16.9. The van der Waals surface area contributed by atoms with Gasteiger partial charge in [-0.1, -0.05) is 0 Å². The Morgan fingerprint density at radius 2 is 2.14 bits per heavy atom. The third-order valence-corrected chi connectivity index (χ3v) is 5.51. The molecule has 1 aromatic heterocycles. The van der Waals surface area contributed by atoms with E-state index in [-0.39, 0.29) is 30.2 Å². The third kappa shape index (κ3) is 3.84. The Kier molecular flexibility index (Phi) is 6.20. The number of pyridine rings is 1. The molecule has 150 valence electrons. The molecule has 2 atom stereocenters. The summed E-state index contributed by atoms with van der Waals surface area (Å²) in [7, 11) is 0. The van der Waals surface area contributed by atoms with Gasteiger partial charge < -0.3 is 10.1 Å². The molecule has 2 aliphatic rings. The van der Waals surface area contributed by atoms with Crippen LogP contribution in [0.1, 0.15) is 44.3 Å². The first-order valence-corrected chi connectivity index (χ1v) is 9.56. The van der Waals surface area contributed by atoms with Gasteiger partial charge in [-0.15, -0.1) is 12.4 Å². The van der Waals surface area contributed by atoms with Gasteiger partial charge in [-0.3, -0.25) is 15.1 Å². The highest BCUT2D eigenvalue weighted by Gasteiger charge is 2.46. The number of carbonyl (C=O) groups is 1. The second-order valence-corrected chi connectivity index (χ2v) is 7.22. The topological polar surface area (TPSA) is 63.2 Å². The quantitative estimate of drug-likeness (QED) is 0.812. The standard InChI is InChI=1S/C21H24FN3O2.ClH/c1-2-27-15-4-5-17(22)16(13-15)14-7-11-23-19(12-14)18-6-9-21(25-18)8-3-10-24-20(21)26;/h4-5,7,11-13,18,25H,2-3,6,8-10H2,1H3,(H,24,26);1H/t18-,21-;/m0./s1. The van der Waals surface area contributed by atoms with Crippen molar-refractivity contribution in [1.82, 2.24) is 15.6 Å². The summed E-state index contributed by atoms with van der Waals surface area (Å²) in [6.07, 6.45) is 5.16. The van der Waals surface area contributed by atoms with Crippen LogP contribution >= 0.6 is 12.4 Å². The Morgan fingerprint density at radius 1 is 1.29 bits per heavy atom. The van der Waals surface area contributed by atoms with E-state index in [4.69, 9.17) is 4.74 Å². The minimum absolute atomic E-state index is 0. The van der Waals surface area contributed by atoms with Crippen LogP contribution in [0.25, 0.3) is 11.1 Å². The molecule has 0 unspecified atom stereocenters. The lowest BCUT2D eigenvalue weighted by atomic mass is 9.88. The molecule has 2 saturated heterocycles. The lowest BCUT2D eigenvalue weighted by Gasteiger charge is -2.33. The first-order chi connectivity index (χ1) is 13.1. The lowest BCUT2D eigenvalue weighted by molar-refractivity contribution is -0.129. The molecule has 1 aromatic carbocycles. The molecule has 0 bridgehead atoms. The summed E-state index contributed by atoms with van der Waals surface area (Å²) in [6.45, 7) is 3.18. The van der Waals surface area contributed by atoms with Gasteiger partial charge in [-0.25, -0.2) is 4.39 Å². The molecule has 3 heterocycles. The average Bonchev–Trinajstić information content (AvgIpc) is 3.11. The van der Waals surface area contributed by atoms with E-state index in [1.807, 2.05) is 13.0 Å². The highest BCUT2D eigenvalue weighted by atomic mass is 35.5. The maximum atomic E-state index is 14.4. The molecule has 0 aliphatic carbocycles. The summed E-state index contributed by atoms with van der Waals surface area (Å²) >= 11 is 0. The number of halogens is 2. The third-order valence-electron chi connectivity index (χ3n) is 5.51. The predicted octanol–water partition coefficient (Wildman–Crippen LogP) is 3.78. The highest BCUT2D eigenvalue weighted by Crippen LogP contribution is 2.37. The van der Waals surface area contributed by atoms with Crippen LogP contribution in [-0.4, -0.2) is 29.6 Å². The number of piperidine rings is 1. The van der Waals surface area contributed by atoms with Crippen LogP contribution in [0.15, 0.2) is 36.5 Å². The zero-order valence-corrected chi connectivity index (χ0v) is 16.7. The molecule has 2 N–H and O–H groups in total. The van der Waals surface area contributed by atoms with Crippen molar-refractivity contribution < 1.29 is 13.9 Å². The largest absolute Gasteiger partial charge is 0.494 e.